The van der Waals surface area contributed by atoms with Gasteiger partial charge in [0.2, 0.25) is 5.91 Å². The Balaban J connectivity index is 1.74. The van der Waals surface area contributed by atoms with Gasteiger partial charge in [-0.15, -0.1) is 11.8 Å². The van der Waals surface area contributed by atoms with Crippen LogP contribution in [-0.2, 0) is 19.2 Å². The van der Waals surface area contributed by atoms with E-state index in [1.165, 1.54) is 4.90 Å². The molecular weight excluding hydrogens is 308 g/mol. The molecule has 3 amide bonds. The molecule has 2 N–H and O–H groups in total. The zero-order chi connectivity index (χ0) is 16.1. The van der Waals surface area contributed by atoms with Gasteiger partial charge in [0.05, 0.1) is 11.5 Å². The summed E-state index contributed by atoms with van der Waals surface area (Å²) in [6, 6.07) is 0. The summed E-state index contributed by atoms with van der Waals surface area (Å²) in [4.78, 5) is 47.3. The Kier molecular flexibility index (Phi) is 5.59. The molecule has 0 unspecified atom stereocenters. The predicted octanol–water partition coefficient (Wildman–Crippen LogP) is 0.160. The molecule has 1 aliphatic heterocycles. The van der Waals surface area contributed by atoms with Crippen molar-refractivity contribution in [3.8, 4) is 0 Å². The highest BCUT2D eigenvalue weighted by Gasteiger charge is 2.38. The minimum absolute atomic E-state index is 0.0446. The number of rotatable bonds is 7. The fraction of sp³-hybridized carbons (Fsp3) is 0.571. The van der Waals surface area contributed by atoms with Crippen LogP contribution in [0.3, 0.4) is 0 Å². The first-order chi connectivity index (χ1) is 10.5. The maximum Gasteiger partial charge on any atom is 0.313 e. The van der Waals surface area contributed by atoms with Crippen LogP contribution in [0, 0.1) is 0 Å². The molecule has 1 aliphatic carbocycles. The van der Waals surface area contributed by atoms with E-state index in [1.54, 1.807) is 0 Å². The number of nitrogens with zero attached hydrogens (tertiary/aromatic N) is 1. The van der Waals surface area contributed by atoms with Crippen LogP contribution < -0.4 is 5.32 Å². The molecule has 0 saturated carbocycles. The molecule has 120 valence electrons. The molecule has 0 aromatic rings. The minimum Gasteiger partial charge on any atom is -0.481 e. The van der Waals surface area contributed by atoms with Crippen molar-refractivity contribution in [2.24, 2.45) is 0 Å². The summed E-state index contributed by atoms with van der Waals surface area (Å²) in [5, 5.41) is 11.1. The molecule has 2 rings (SSSR count). The minimum atomic E-state index is -0.970. The molecule has 22 heavy (non-hydrogen) atoms. The molecular formula is C14H18N2O5S. The summed E-state index contributed by atoms with van der Waals surface area (Å²) in [6.07, 6.45) is 3.19. The molecule has 2 aliphatic rings. The first-order valence-electron chi connectivity index (χ1n) is 7.15. The first-order valence-corrected chi connectivity index (χ1v) is 8.30. The third-order valence-electron chi connectivity index (χ3n) is 3.59. The van der Waals surface area contributed by atoms with Crippen molar-refractivity contribution in [2.75, 3.05) is 24.6 Å². The Morgan fingerprint density at radius 2 is 1.68 bits per heavy atom. The van der Waals surface area contributed by atoms with Crippen molar-refractivity contribution in [3.05, 3.63) is 11.1 Å². The van der Waals surface area contributed by atoms with Crippen LogP contribution in [0.2, 0.25) is 0 Å². The summed E-state index contributed by atoms with van der Waals surface area (Å²) in [5.74, 6) is -1.81. The maximum absolute atomic E-state index is 12.1. The number of carboxylic acid groups (broad SMARTS) is 1. The Hall–Kier alpha value is -1.83. The summed E-state index contributed by atoms with van der Waals surface area (Å²) in [5.41, 5.74) is 1.28. The number of imide groups is 1. The lowest BCUT2D eigenvalue weighted by Gasteiger charge is -2.15. The van der Waals surface area contributed by atoms with E-state index in [-0.39, 0.29) is 42.3 Å². The monoisotopic (exact) mass is 326 g/mol. The molecule has 7 nitrogen and oxygen atoms in total. The fourth-order valence-corrected chi connectivity index (χ4v) is 3.15. The van der Waals surface area contributed by atoms with Crippen LogP contribution >= 0.6 is 11.8 Å². The van der Waals surface area contributed by atoms with Gasteiger partial charge in [-0.05, 0) is 25.7 Å². The van der Waals surface area contributed by atoms with Crippen LogP contribution in [0.4, 0.5) is 0 Å². The number of carbonyl (C=O) groups excluding carboxylic acids is 3. The molecule has 0 radical (unpaired) electrons. The Morgan fingerprint density at radius 3 is 2.23 bits per heavy atom. The van der Waals surface area contributed by atoms with Gasteiger partial charge in [-0.1, -0.05) is 0 Å². The van der Waals surface area contributed by atoms with E-state index >= 15 is 0 Å². The predicted molar refractivity (Wildman–Crippen MR) is 80.2 cm³/mol. The smallest absolute Gasteiger partial charge is 0.313 e. The lowest BCUT2D eigenvalue weighted by Crippen LogP contribution is -2.39. The highest BCUT2D eigenvalue weighted by atomic mass is 32.2. The molecule has 0 fully saturated rings. The van der Waals surface area contributed by atoms with Crippen molar-refractivity contribution < 1.29 is 24.3 Å². The first kappa shape index (κ1) is 16.5. The number of hydrogen-bond donors (Lipinski definition) is 2. The van der Waals surface area contributed by atoms with Gasteiger partial charge < -0.3 is 10.4 Å². The fourth-order valence-electron chi connectivity index (χ4n) is 2.59. The van der Waals surface area contributed by atoms with Gasteiger partial charge >= 0.3 is 5.97 Å². The Morgan fingerprint density at radius 1 is 1.09 bits per heavy atom. The van der Waals surface area contributed by atoms with E-state index < -0.39 is 5.97 Å². The van der Waals surface area contributed by atoms with Crippen molar-refractivity contribution in [2.45, 2.75) is 25.7 Å². The Bertz CT molecular complexity index is 515. The third-order valence-corrected chi connectivity index (χ3v) is 4.51. The van der Waals surface area contributed by atoms with Crippen molar-refractivity contribution in [1.29, 1.82) is 0 Å². The van der Waals surface area contributed by atoms with Gasteiger partial charge in [0.1, 0.15) is 0 Å². The zero-order valence-electron chi connectivity index (χ0n) is 12.1. The number of amides is 3. The van der Waals surface area contributed by atoms with Crippen LogP contribution in [0.25, 0.3) is 0 Å². The van der Waals surface area contributed by atoms with Crippen molar-refractivity contribution in [1.82, 2.24) is 10.2 Å². The molecule has 0 aromatic carbocycles. The van der Waals surface area contributed by atoms with Gasteiger partial charge in [0, 0.05) is 24.2 Å². The van der Waals surface area contributed by atoms with E-state index in [9.17, 15) is 19.2 Å². The number of aliphatic carboxylic acids is 1. The van der Waals surface area contributed by atoms with Crippen molar-refractivity contribution >= 4 is 35.5 Å². The molecule has 0 aromatic heterocycles. The van der Waals surface area contributed by atoms with Crippen LogP contribution in [0.15, 0.2) is 11.1 Å². The highest BCUT2D eigenvalue weighted by Crippen LogP contribution is 2.32. The SMILES string of the molecule is O=C(O)CSCC(=O)NCCN1C(=O)C2=C(CCCC2)C1=O. The average Bonchev–Trinajstić information content (AvgIpc) is 2.72. The third kappa shape index (κ3) is 3.88. The van der Waals surface area contributed by atoms with Gasteiger partial charge in [-0.25, -0.2) is 0 Å². The van der Waals surface area contributed by atoms with Gasteiger partial charge in [0.15, 0.2) is 0 Å². The lowest BCUT2D eigenvalue weighted by molar-refractivity contribution is -0.138. The molecule has 0 spiro atoms. The maximum atomic E-state index is 12.1. The second-order valence-corrected chi connectivity index (χ2v) is 6.15. The lowest BCUT2D eigenvalue weighted by atomic mass is 9.93. The summed E-state index contributed by atoms with van der Waals surface area (Å²) < 4.78 is 0. The number of carboxylic acids is 1. The highest BCUT2D eigenvalue weighted by molar-refractivity contribution is 8.00. The topological polar surface area (TPSA) is 104 Å². The second kappa shape index (κ2) is 7.44. The number of hydrogen-bond acceptors (Lipinski definition) is 5. The number of nitrogens with one attached hydrogen (secondary N) is 1. The van der Waals surface area contributed by atoms with E-state index in [1.807, 2.05) is 0 Å². The average molecular weight is 326 g/mol. The van der Waals surface area contributed by atoms with Gasteiger partial charge in [-0.3, -0.25) is 24.1 Å². The van der Waals surface area contributed by atoms with Gasteiger partial charge in [0.25, 0.3) is 11.8 Å². The summed E-state index contributed by atoms with van der Waals surface area (Å²) in [6.45, 7) is 0.338. The van der Waals surface area contributed by atoms with Gasteiger partial charge in [-0.2, -0.15) is 0 Å². The molecule has 0 atom stereocenters. The Labute approximate surface area is 132 Å². The normalized spacial score (nSPS) is 17.7. The quantitative estimate of drug-likeness (QED) is 0.646. The zero-order valence-corrected chi connectivity index (χ0v) is 12.9. The van der Waals surface area contributed by atoms with E-state index in [4.69, 9.17) is 5.11 Å². The largest absolute Gasteiger partial charge is 0.481 e. The standard InChI is InChI=1S/C14H18N2O5S/c17-11(7-22-8-12(18)19)15-5-6-16-13(20)9-3-1-2-4-10(9)14(16)21/h1-8H2,(H,15,17)(H,18,19). The summed E-state index contributed by atoms with van der Waals surface area (Å²) in [7, 11) is 0. The van der Waals surface area contributed by atoms with E-state index in [0.29, 0.717) is 24.0 Å². The summed E-state index contributed by atoms with van der Waals surface area (Å²) >= 11 is 1.00. The van der Waals surface area contributed by atoms with Crippen LogP contribution in [0.5, 0.6) is 0 Å². The van der Waals surface area contributed by atoms with Crippen LogP contribution in [0.1, 0.15) is 25.7 Å². The van der Waals surface area contributed by atoms with Crippen molar-refractivity contribution in [3.63, 3.8) is 0 Å². The second-order valence-electron chi connectivity index (χ2n) is 5.16. The number of carbonyl (C=O) groups is 4. The molecule has 0 saturated heterocycles. The molecule has 8 heteroatoms. The molecule has 1 heterocycles. The van der Waals surface area contributed by atoms with E-state index in [0.717, 1.165) is 24.6 Å². The van der Waals surface area contributed by atoms with E-state index in [2.05, 4.69) is 5.32 Å². The van der Waals surface area contributed by atoms with Crippen LogP contribution in [-0.4, -0.2) is 58.3 Å². The number of thioether (sulfide) groups is 1. The molecule has 0 bridgehead atoms.